The summed E-state index contributed by atoms with van der Waals surface area (Å²) in [5.41, 5.74) is 0. The zero-order valence-corrected chi connectivity index (χ0v) is 21.6. The van der Waals surface area contributed by atoms with E-state index in [1.807, 2.05) is 0 Å². The van der Waals surface area contributed by atoms with Crippen molar-refractivity contribution in [2.45, 2.75) is 56.3 Å². The fraction of sp³-hybridized carbons (Fsp3) is 0.560. The monoisotopic (exact) mass is 573 g/mol. The summed E-state index contributed by atoms with van der Waals surface area (Å²) in [6.07, 6.45) is 4.72. The molecule has 1 aliphatic carbocycles. The zero-order valence-electron chi connectivity index (χ0n) is 21.6. The van der Waals surface area contributed by atoms with Crippen LogP contribution in [0.15, 0.2) is 54.6 Å². The molecule has 1 aliphatic rings. The average molecular weight is 574 g/mol. The molecule has 1 aromatic rings. The number of ether oxygens (including phenoxy) is 1. The molecule has 2 rings (SSSR count). The fourth-order valence-electron chi connectivity index (χ4n) is 4.19. The van der Waals surface area contributed by atoms with Gasteiger partial charge in [-0.2, -0.15) is 8.78 Å². The highest BCUT2D eigenvalue weighted by molar-refractivity contribution is 5.76. The van der Waals surface area contributed by atoms with Crippen LogP contribution in [0.25, 0.3) is 0 Å². The number of amides is 1. The van der Waals surface area contributed by atoms with Crippen molar-refractivity contribution >= 4 is 5.91 Å². The lowest BCUT2D eigenvalue weighted by molar-refractivity contribution is -0.766. The molecule has 3 N–H and O–H groups in total. The first-order chi connectivity index (χ1) is 19.0. The van der Waals surface area contributed by atoms with Gasteiger partial charge in [0.1, 0.15) is 19.0 Å². The Morgan fingerprint density at radius 2 is 1.75 bits per heavy atom. The number of unbranched alkanes of at least 4 members (excludes halogenated alkanes) is 1. The molecular formula is C25H33F2N3O10. The lowest BCUT2D eigenvalue weighted by atomic mass is 9.89. The SMILES string of the molecule is O=C(CCC/C=C\C[C@@H]1[C@@H](/C=C/C(F)(F)COc2ccccc2)[C@H](O)C[C@@H]1O)NC(CO[N+](=O)[O-])CO[N+](=O)[O-]. The Hall–Kier alpha value is -3.85. The summed E-state index contributed by atoms with van der Waals surface area (Å²) in [6.45, 7) is -2.11. The van der Waals surface area contributed by atoms with E-state index in [-0.39, 0.29) is 12.8 Å². The number of aliphatic hydroxyl groups is 2. The quantitative estimate of drug-likeness (QED) is 0.102. The number of nitrogens with one attached hydrogen (secondary N) is 1. The van der Waals surface area contributed by atoms with Gasteiger partial charge in [0.05, 0.1) is 18.2 Å². The summed E-state index contributed by atoms with van der Waals surface area (Å²) < 4.78 is 33.8. The summed E-state index contributed by atoms with van der Waals surface area (Å²) in [6, 6.07) is 7.09. The number of benzene rings is 1. The van der Waals surface area contributed by atoms with Gasteiger partial charge in [0.2, 0.25) is 5.91 Å². The summed E-state index contributed by atoms with van der Waals surface area (Å²) in [7, 11) is 0. The largest absolute Gasteiger partial charge is 0.487 e. The number of nitrogens with zero attached hydrogens (tertiary/aromatic N) is 2. The Labute approximate surface area is 228 Å². The van der Waals surface area contributed by atoms with Crippen molar-refractivity contribution in [1.82, 2.24) is 5.32 Å². The van der Waals surface area contributed by atoms with Crippen LogP contribution in [0.2, 0.25) is 0 Å². The van der Waals surface area contributed by atoms with Gasteiger partial charge < -0.3 is 29.9 Å². The molecule has 0 aliphatic heterocycles. The summed E-state index contributed by atoms with van der Waals surface area (Å²) in [4.78, 5) is 41.0. The minimum atomic E-state index is -3.28. The molecule has 0 radical (unpaired) electrons. The third-order valence-corrected chi connectivity index (χ3v) is 6.13. The van der Waals surface area contributed by atoms with Gasteiger partial charge in [0.15, 0.2) is 6.61 Å². The molecule has 0 bridgehead atoms. The third kappa shape index (κ3) is 12.3. The minimum Gasteiger partial charge on any atom is -0.487 e. The van der Waals surface area contributed by atoms with E-state index >= 15 is 0 Å². The maximum Gasteiger partial charge on any atom is 0.299 e. The molecule has 15 heteroatoms. The van der Waals surface area contributed by atoms with Crippen LogP contribution < -0.4 is 10.1 Å². The smallest absolute Gasteiger partial charge is 0.299 e. The van der Waals surface area contributed by atoms with E-state index in [1.54, 1.807) is 42.5 Å². The Bertz CT molecular complexity index is 994. The molecule has 1 saturated carbocycles. The van der Waals surface area contributed by atoms with Crippen LogP contribution in [-0.4, -0.2) is 70.3 Å². The molecule has 0 aromatic heterocycles. The van der Waals surface area contributed by atoms with Gasteiger partial charge in [-0.3, -0.25) is 4.79 Å². The number of halogens is 2. The Balaban J connectivity index is 1.79. The van der Waals surface area contributed by atoms with E-state index < -0.39 is 71.9 Å². The van der Waals surface area contributed by atoms with Gasteiger partial charge in [-0.1, -0.05) is 36.4 Å². The van der Waals surface area contributed by atoms with Crippen molar-refractivity contribution in [2.75, 3.05) is 19.8 Å². The van der Waals surface area contributed by atoms with Gasteiger partial charge in [0, 0.05) is 18.8 Å². The van der Waals surface area contributed by atoms with Crippen LogP contribution in [-0.2, 0) is 14.5 Å². The number of carbonyl (C=O) groups is 1. The second-order valence-corrected chi connectivity index (χ2v) is 9.24. The number of hydrogen-bond acceptors (Lipinski definition) is 10. The van der Waals surface area contributed by atoms with Crippen molar-refractivity contribution in [3.8, 4) is 5.75 Å². The van der Waals surface area contributed by atoms with Crippen molar-refractivity contribution in [3.63, 3.8) is 0 Å². The number of allylic oxidation sites excluding steroid dienone is 2. The second kappa shape index (κ2) is 16.3. The van der Waals surface area contributed by atoms with Gasteiger partial charge in [0.25, 0.3) is 16.1 Å². The average Bonchev–Trinajstić information content (AvgIpc) is 3.17. The summed E-state index contributed by atoms with van der Waals surface area (Å²) in [5, 5.41) is 41.5. The number of hydrogen-bond donors (Lipinski definition) is 3. The zero-order chi connectivity index (χ0) is 29.5. The Kier molecular flexibility index (Phi) is 13.2. The van der Waals surface area contributed by atoms with E-state index in [1.165, 1.54) is 6.08 Å². The van der Waals surface area contributed by atoms with Crippen LogP contribution >= 0.6 is 0 Å². The maximum atomic E-state index is 14.3. The van der Waals surface area contributed by atoms with E-state index in [2.05, 4.69) is 15.0 Å². The number of carbonyl (C=O) groups excluding carboxylic acids is 1. The first kappa shape index (κ1) is 32.4. The summed E-state index contributed by atoms with van der Waals surface area (Å²) >= 11 is 0. The molecule has 13 nitrogen and oxygen atoms in total. The van der Waals surface area contributed by atoms with Crippen molar-refractivity contribution in [2.24, 2.45) is 11.8 Å². The molecule has 222 valence electrons. The number of rotatable bonds is 18. The summed E-state index contributed by atoms with van der Waals surface area (Å²) in [5.74, 6) is -4.67. The lowest BCUT2D eigenvalue weighted by Crippen LogP contribution is -2.42. The van der Waals surface area contributed by atoms with E-state index in [9.17, 15) is 44.0 Å². The molecule has 40 heavy (non-hydrogen) atoms. The van der Waals surface area contributed by atoms with Crippen LogP contribution in [0.1, 0.15) is 32.1 Å². The highest BCUT2D eigenvalue weighted by atomic mass is 19.3. The predicted molar refractivity (Wildman–Crippen MR) is 135 cm³/mol. The first-order valence-corrected chi connectivity index (χ1v) is 12.6. The van der Waals surface area contributed by atoms with Crippen molar-refractivity contribution in [1.29, 1.82) is 0 Å². The first-order valence-electron chi connectivity index (χ1n) is 12.6. The van der Waals surface area contributed by atoms with Crippen LogP contribution in [0.4, 0.5) is 8.78 Å². The van der Waals surface area contributed by atoms with Crippen molar-refractivity contribution in [3.05, 3.63) is 74.9 Å². The van der Waals surface area contributed by atoms with E-state index in [4.69, 9.17) is 4.74 Å². The minimum absolute atomic E-state index is 0.00797. The van der Waals surface area contributed by atoms with Crippen molar-refractivity contribution < 1.29 is 48.4 Å². The molecule has 0 heterocycles. The standard InChI is InChI=1S/C25H33F2N3O10/c26-25(27,17-38-19-8-4-3-5-9-19)13-12-21-20(22(31)14-23(21)32)10-6-1-2-7-11-24(33)28-18(15-39-29(34)35)16-40-30(36)37/h1,3-6,8-9,12-13,18,20-23,31-32H,2,7,10-11,14-17H2,(H,28,33)/b6-1-,13-12+/t20-,21-,22+,23-/m1/s1. The maximum absolute atomic E-state index is 14.3. The number of para-hydroxylation sites is 1. The topological polar surface area (TPSA) is 184 Å². The molecule has 1 amide bonds. The van der Waals surface area contributed by atoms with Crippen LogP contribution in [0, 0.1) is 32.1 Å². The number of alkyl halides is 2. The Morgan fingerprint density at radius 1 is 1.10 bits per heavy atom. The Morgan fingerprint density at radius 3 is 2.38 bits per heavy atom. The molecule has 1 aromatic carbocycles. The molecule has 0 spiro atoms. The highest BCUT2D eigenvalue weighted by Gasteiger charge is 2.40. The predicted octanol–water partition coefficient (Wildman–Crippen LogP) is 2.63. The third-order valence-electron chi connectivity index (χ3n) is 6.13. The van der Waals surface area contributed by atoms with Crippen LogP contribution in [0.3, 0.4) is 0 Å². The van der Waals surface area contributed by atoms with Crippen LogP contribution in [0.5, 0.6) is 5.75 Å². The van der Waals surface area contributed by atoms with Gasteiger partial charge in [-0.25, -0.2) is 0 Å². The molecule has 0 unspecified atom stereocenters. The lowest BCUT2D eigenvalue weighted by Gasteiger charge is -2.20. The molecule has 1 fully saturated rings. The van der Waals surface area contributed by atoms with Gasteiger partial charge >= 0.3 is 0 Å². The van der Waals surface area contributed by atoms with E-state index in [0.29, 0.717) is 31.1 Å². The van der Waals surface area contributed by atoms with E-state index in [0.717, 1.165) is 0 Å². The molecule has 0 saturated heterocycles. The number of aliphatic hydroxyl groups excluding tert-OH is 2. The normalized spacial score (nSPS) is 21.1. The molecule has 4 atom stereocenters. The highest BCUT2D eigenvalue weighted by Crippen LogP contribution is 2.37. The second-order valence-electron chi connectivity index (χ2n) is 9.24. The van der Waals surface area contributed by atoms with Gasteiger partial charge in [-0.15, -0.1) is 20.2 Å². The fourth-order valence-corrected chi connectivity index (χ4v) is 4.19. The van der Waals surface area contributed by atoms with Gasteiger partial charge in [-0.05, 0) is 43.4 Å². The molecular weight excluding hydrogens is 540 g/mol.